The second-order valence-corrected chi connectivity index (χ2v) is 5.44. The van der Waals surface area contributed by atoms with Crippen LogP contribution in [0.5, 0.6) is 0 Å². The third-order valence-corrected chi connectivity index (χ3v) is 4.17. The van der Waals surface area contributed by atoms with Crippen LogP contribution in [-0.2, 0) is 14.3 Å². The first kappa shape index (κ1) is 15.1. The Morgan fingerprint density at radius 3 is 2.75 bits per heavy atom. The summed E-state index contributed by atoms with van der Waals surface area (Å²) in [7, 11) is 1.32. The van der Waals surface area contributed by atoms with Crippen LogP contribution in [0.15, 0.2) is 24.3 Å². The Kier molecular flexibility index (Phi) is 4.89. The van der Waals surface area contributed by atoms with Crippen molar-refractivity contribution in [3.63, 3.8) is 0 Å². The van der Waals surface area contributed by atoms with Gasteiger partial charge in [-0.05, 0) is 24.5 Å². The molecule has 0 bridgehead atoms. The molecule has 1 amide bonds. The number of benzene rings is 1. The Balaban J connectivity index is 2.18. The first-order chi connectivity index (χ1) is 9.56. The van der Waals surface area contributed by atoms with Crippen molar-refractivity contribution in [2.24, 2.45) is 0 Å². The topological polar surface area (TPSA) is 46.6 Å². The maximum absolute atomic E-state index is 12.5. The normalized spacial score (nSPS) is 19.8. The van der Waals surface area contributed by atoms with Crippen molar-refractivity contribution >= 4 is 35.1 Å². The zero-order valence-corrected chi connectivity index (χ0v) is 12.5. The molecule has 1 saturated heterocycles. The van der Waals surface area contributed by atoms with Gasteiger partial charge in [-0.2, -0.15) is 0 Å². The average molecular weight is 316 g/mol. The number of hydrogen-bond donors (Lipinski definition) is 0. The lowest BCUT2D eigenvalue weighted by Crippen LogP contribution is -2.42. The molecule has 6 heteroatoms. The van der Waals surface area contributed by atoms with E-state index in [0.29, 0.717) is 23.6 Å². The monoisotopic (exact) mass is 315 g/mol. The number of methoxy groups -OCH3 is 1. The van der Waals surface area contributed by atoms with Crippen LogP contribution in [-0.4, -0.2) is 36.5 Å². The Hall–Kier alpha value is -1.26. The molecule has 1 aromatic carbocycles. The fraction of sp³-hybridized carbons (Fsp3) is 0.429. The maximum Gasteiger partial charge on any atom is 0.328 e. The summed E-state index contributed by atoms with van der Waals surface area (Å²) in [6.07, 6.45) is 1.36. The molecule has 1 heterocycles. The molecular weight excluding hydrogens is 301 g/mol. The first-order valence-corrected chi connectivity index (χ1v) is 7.14. The Labute approximate surface area is 127 Å². The highest BCUT2D eigenvalue weighted by Crippen LogP contribution is 2.32. The van der Waals surface area contributed by atoms with E-state index >= 15 is 0 Å². The number of likely N-dealkylation sites (tertiary alicyclic amines) is 1. The van der Waals surface area contributed by atoms with Crippen LogP contribution in [0.3, 0.4) is 0 Å². The van der Waals surface area contributed by atoms with Crippen molar-refractivity contribution in [2.75, 3.05) is 13.7 Å². The van der Waals surface area contributed by atoms with E-state index in [4.69, 9.17) is 27.9 Å². The van der Waals surface area contributed by atoms with Gasteiger partial charge < -0.3 is 9.64 Å². The fourth-order valence-electron chi connectivity index (χ4n) is 2.37. The van der Waals surface area contributed by atoms with E-state index in [0.717, 1.165) is 6.42 Å². The van der Waals surface area contributed by atoms with Crippen LogP contribution in [0.2, 0.25) is 5.02 Å². The van der Waals surface area contributed by atoms with Gasteiger partial charge in [0.1, 0.15) is 11.4 Å². The number of rotatable bonds is 3. The molecule has 1 fully saturated rings. The van der Waals surface area contributed by atoms with Gasteiger partial charge in [0.25, 0.3) is 0 Å². The number of alkyl halides is 1. The largest absolute Gasteiger partial charge is 0.467 e. The van der Waals surface area contributed by atoms with E-state index < -0.39 is 17.4 Å². The Bertz CT molecular complexity index is 521. The van der Waals surface area contributed by atoms with E-state index in [9.17, 15) is 9.59 Å². The number of hydrogen-bond acceptors (Lipinski definition) is 3. The Morgan fingerprint density at radius 2 is 2.10 bits per heavy atom. The van der Waals surface area contributed by atoms with Crippen LogP contribution < -0.4 is 0 Å². The molecule has 20 heavy (non-hydrogen) atoms. The number of nitrogens with zero attached hydrogens (tertiary/aromatic N) is 1. The summed E-state index contributed by atoms with van der Waals surface area (Å²) in [5, 5.41) is -0.455. The summed E-state index contributed by atoms with van der Waals surface area (Å²) in [4.78, 5) is 25.6. The van der Waals surface area contributed by atoms with Crippen LogP contribution in [0, 0.1) is 0 Å². The number of ether oxygens (including phenoxy) is 1. The van der Waals surface area contributed by atoms with Crippen molar-refractivity contribution in [3.05, 3.63) is 34.9 Å². The molecule has 2 atom stereocenters. The number of halogens is 2. The quantitative estimate of drug-likeness (QED) is 0.636. The van der Waals surface area contributed by atoms with Crippen LogP contribution in [0.4, 0.5) is 0 Å². The summed E-state index contributed by atoms with van der Waals surface area (Å²) in [5.74, 6) is -0.716. The number of esters is 1. The molecule has 1 aliphatic heterocycles. The van der Waals surface area contributed by atoms with E-state index in [1.54, 1.807) is 24.3 Å². The summed E-state index contributed by atoms with van der Waals surface area (Å²) < 4.78 is 4.72. The molecule has 0 aromatic heterocycles. The highest BCUT2D eigenvalue weighted by atomic mass is 35.5. The van der Waals surface area contributed by atoms with Gasteiger partial charge in [-0.25, -0.2) is 4.79 Å². The Morgan fingerprint density at radius 1 is 1.40 bits per heavy atom. The summed E-state index contributed by atoms with van der Waals surface area (Å²) in [5.41, 5.74) is 0.552. The molecule has 0 radical (unpaired) electrons. The average Bonchev–Trinajstić information content (AvgIpc) is 2.94. The summed E-state index contributed by atoms with van der Waals surface area (Å²) in [6, 6.07) is 6.39. The zero-order chi connectivity index (χ0) is 14.7. The van der Waals surface area contributed by atoms with Gasteiger partial charge >= 0.3 is 5.97 Å². The van der Waals surface area contributed by atoms with Gasteiger partial charge in [0.05, 0.1) is 7.11 Å². The summed E-state index contributed by atoms with van der Waals surface area (Å²) in [6.45, 7) is 0.506. The van der Waals surface area contributed by atoms with Gasteiger partial charge in [-0.3, -0.25) is 4.79 Å². The predicted octanol–water partition coefficient (Wildman–Crippen LogP) is 2.78. The van der Waals surface area contributed by atoms with Gasteiger partial charge in [0, 0.05) is 11.6 Å². The van der Waals surface area contributed by atoms with Gasteiger partial charge in [-0.1, -0.05) is 29.8 Å². The highest BCUT2D eigenvalue weighted by molar-refractivity contribution is 6.35. The van der Waals surface area contributed by atoms with Crippen molar-refractivity contribution < 1.29 is 14.3 Å². The lowest BCUT2D eigenvalue weighted by molar-refractivity contribution is -0.150. The third-order valence-electron chi connectivity index (χ3n) is 3.40. The second-order valence-electron chi connectivity index (χ2n) is 4.60. The van der Waals surface area contributed by atoms with E-state index in [1.807, 2.05) is 0 Å². The minimum absolute atomic E-state index is 0.312. The van der Waals surface area contributed by atoms with Gasteiger partial charge in [0.2, 0.25) is 5.91 Å². The number of carbonyl (C=O) groups is 2. The molecule has 0 aliphatic carbocycles. The third kappa shape index (κ3) is 2.91. The van der Waals surface area contributed by atoms with E-state index in [2.05, 4.69) is 0 Å². The highest BCUT2D eigenvalue weighted by Gasteiger charge is 2.38. The lowest BCUT2D eigenvalue weighted by Gasteiger charge is -2.25. The molecule has 2 unspecified atom stereocenters. The van der Waals surface area contributed by atoms with E-state index in [-0.39, 0.29) is 5.91 Å². The van der Waals surface area contributed by atoms with Crippen molar-refractivity contribution in [3.8, 4) is 0 Å². The fourth-order valence-corrected chi connectivity index (χ4v) is 2.99. The minimum atomic E-state index is -0.894. The molecule has 0 spiro atoms. The van der Waals surface area contributed by atoms with Gasteiger partial charge in [-0.15, -0.1) is 11.6 Å². The van der Waals surface area contributed by atoms with Crippen LogP contribution in [0.1, 0.15) is 23.8 Å². The van der Waals surface area contributed by atoms with E-state index in [1.165, 1.54) is 12.0 Å². The molecule has 1 aromatic rings. The molecule has 2 rings (SSSR count). The van der Waals surface area contributed by atoms with Crippen molar-refractivity contribution in [1.29, 1.82) is 0 Å². The van der Waals surface area contributed by atoms with Crippen molar-refractivity contribution in [2.45, 2.75) is 24.3 Å². The number of amides is 1. The minimum Gasteiger partial charge on any atom is -0.467 e. The zero-order valence-electron chi connectivity index (χ0n) is 11.0. The van der Waals surface area contributed by atoms with Gasteiger partial charge in [0.15, 0.2) is 0 Å². The standard InChI is InChI=1S/C14H15Cl2NO3/c1-20-14(19)11-7-4-8-17(11)13(18)12(16)9-5-2-3-6-10(9)15/h2-3,5-6,11-12H,4,7-8H2,1H3. The number of carbonyl (C=O) groups excluding carboxylic acids is 2. The summed E-state index contributed by atoms with van der Waals surface area (Å²) >= 11 is 12.3. The molecule has 0 saturated carbocycles. The smallest absolute Gasteiger partial charge is 0.328 e. The van der Waals surface area contributed by atoms with Crippen LogP contribution >= 0.6 is 23.2 Å². The lowest BCUT2D eigenvalue weighted by atomic mass is 10.1. The second kappa shape index (κ2) is 6.46. The molecule has 4 nitrogen and oxygen atoms in total. The SMILES string of the molecule is COC(=O)C1CCCN1C(=O)C(Cl)c1ccccc1Cl. The predicted molar refractivity (Wildman–Crippen MR) is 76.8 cm³/mol. The molecule has 108 valence electrons. The molecule has 0 N–H and O–H groups in total. The van der Waals surface area contributed by atoms with Crippen molar-refractivity contribution in [1.82, 2.24) is 4.90 Å². The molecule has 1 aliphatic rings. The molecular formula is C14H15Cl2NO3. The maximum atomic E-state index is 12.5. The van der Waals surface area contributed by atoms with Crippen LogP contribution in [0.25, 0.3) is 0 Å². The first-order valence-electron chi connectivity index (χ1n) is 6.33.